The van der Waals surface area contributed by atoms with Gasteiger partial charge in [0, 0.05) is 23.3 Å². The van der Waals surface area contributed by atoms with Gasteiger partial charge in [0.25, 0.3) is 0 Å². The molecule has 1 aromatic heterocycles. The molecular formula is C9H12BrNO2. The van der Waals surface area contributed by atoms with E-state index in [0.717, 1.165) is 5.56 Å². The molecule has 4 heteroatoms. The topological polar surface area (TPSA) is 53.4 Å². The maximum absolute atomic E-state index is 9.65. The summed E-state index contributed by atoms with van der Waals surface area (Å²) in [5.41, 5.74) is 1.61. The van der Waals surface area contributed by atoms with Crippen LogP contribution in [0.1, 0.15) is 17.2 Å². The van der Waals surface area contributed by atoms with Crippen LogP contribution in [0.5, 0.6) is 0 Å². The molecule has 0 fully saturated rings. The lowest BCUT2D eigenvalue weighted by Crippen LogP contribution is -2.20. The molecule has 72 valence electrons. The van der Waals surface area contributed by atoms with Crippen molar-refractivity contribution in [3.05, 3.63) is 29.6 Å². The molecule has 0 aliphatic carbocycles. The lowest BCUT2D eigenvalue weighted by Gasteiger charge is -2.17. The number of hydrogen-bond acceptors (Lipinski definition) is 3. The van der Waals surface area contributed by atoms with E-state index in [-0.39, 0.29) is 0 Å². The second-order valence-corrected chi connectivity index (χ2v) is 3.55. The number of hydrogen-bond donors (Lipinski definition) is 2. The zero-order valence-electron chi connectivity index (χ0n) is 7.31. The maximum Gasteiger partial charge on any atom is 0.107 e. The number of aromatic nitrogens is 1. The molecule has 0 amide bonds. The van der Waals surface area contributed by atoms with Gasteiger partial charge in [-0.05, 0) is 18.6 Å². The largest absolute Gasteiger partial charge is 0.389 e. The van der Waals surface area contributed by atoms with Gasteiger partial charge in [-0.15, -0.1) is 0 Å². The van der Waals surface area contributed by atoms with Gasteiger partial charge in [0.2, 0.25) is 0 Å². The third-order valence-corrected chi connectivity index (χ3v) is 2.58. The Morgan fingerprint density at radius 1 is 1.54 bits per heavy atom. The van der Waals surface area contributed by atoms with Crippen LogP contribution in [-0.4, -0.2) is 26.6 Å². The minimum atomic E-state index is -0.868. The zero-order valence-corrected chi connectivity index (χ0v) is 8.90. The number of halogens is 1. The Balaban J connectivity index is 2.88. The molecule has 2 atom stereocenters. The number of pyridine rings is 1. The second kappa shape index (κ2) is 4.69. The van der Waals surface area contributed by atoms with Gasteiger partial charge in [-0.3, -0.25) is 4.98 Å². The Morgan fingerprint density at radius 3 is 2.77 bits per heavy atom. The summed E-state index contributed by atoms with van der Waals surface area (Å²) in [6.45, 7) is 1.88. The standard InChI is InChI=1S/C9H12BrNO2/c1-6-2-3-11-5-7(6)9(13)8(12)4-10/h2-3,5,8-9,12-13H,4H2,1H3. The van der Waals surface area contributed by atoms with Gasteiger partial charge in [-0.25, -0.2) is 0 Å². The average Bonchev–Trinajstić information content (AvgIpc) is 2.16. The second-order valence-electron chi connectivity index (χ2n) is 2.90. The predicted octanol–water partition coefficient (Wildman–Crippen LogP) is 1.18. The van der Waals surface area contributed by atoms with Gasteiger partial charge in [-0.2, -0.15) is 0 Å². The third kappa shape index (κ3) is 2.49. The zero-order chi connectivity index (χ0) is 9.84. The fourth-order valence-electron chi connectivity index (χ4n) is 1.08. The SMILES string of the molecule is Cc1ccncc1C(O)C(O)CBr. The first-order chi connectivity index (χ1) is 6.16. The van der Waals surface area contributed by atoms with Crippen molar-refractivity contribution in [2.24, 2.45) is 0 Å². The number of aliphatic hydroxyl groups is 2. The Labute approximate surface area is 85.6 Å². The molecule has 1 aromatic rings. The Hall–Kier alpha value is -0.450. The van der Waals surface area contributed by atoms with Gasteiger partial charge in [0.15, 0.2) is 0 Å². The van der Waals surface area contributed by atoms with Crippen molar-refractivity contribution in [1.29, 1.82) is 0 Å². The summed E-state index contributed by atoms with van der Waals surface area (Å²) in [6.07, 6.45) is 1.58. The molecule has 0 radical (unpaired) electrons. The molecule has 1 rings (SSSR count). The first-order valence-electron chi connectivity index (χ1n) is 3.99. The van der Waals surface area contributed by atoms with Crippen LogP contribution < -0.4 is 0 Å². The molecule has 0 aliphatic heterocycles. The lowest BCUT2D eigenvalue weighted by atomic mass is 10.0. The molecule has 13 heavy (non-hydrogen) atoms. The van der Waals surface area contributed by atoms with Gasteiger partial charge < -0.3 is 10.2 Å². The minimum absolute atomic E-state index is 0.350. The van der Waals surface area contributed by atoms with Crippen molar-refractivity contribution < 1.29 is 10.2 Å². The molecule has 0 saturated carbocycles. The lowest BCUT2D eigenvalue weighted by molar-refractivity contribution is 0.0336. The van der Waals surface area contributed by atoms with Crippen molar-refractivity contribution >= 4 is 15.9 Å². The summed E-state index contributed by atoms with van der Waals surface area (Å²) < 4.78 is 0. The van der Waals surface area contributed by atoms with Crippen molar-refractivity contribution in [3.63, 3.8) is 0 Å². The van der Waals surface area contributed by atoms with Gasteiger partial charge in [-0.1, -0.05) is 15.9 Å². The fraction of sp³-hybridized carbons (Fsp3) is 0.444. The predicted molar refractivity (Wildman–Crippen MR) is 53.7 cm³/mol. The minimum Gasteiger partial charge on any atom is -0.389 e. The highest BCUT2D eigenvalue weighted by Crippen LogP contribution is 2.20. The van der Waals surface area contributed by atoms with Crippen LogP contribution in [0.3, 0.4) is 0 Å². The molecule has 1 heterocycles. The molecule has 3 nitrogen and oxygen atoms in total. The summed E-state index contributed by atoms with van der Waals surface area (Å²) in [5, 5.41) is 19.4. The van der Waals surface area contributed by atoms with Gasteiger partial charge in [0.05, 0.1) is 6.10 Å². The number of aliphatic hydroxyl groups excluding tert-OH is 2. The van der Waals surface area contributed by atoms with Crippen molar-refractivity contribution in [3.8, 4) is 0 Å². The number of aryl methyl sites for hydroxylation is 1. The van der Waals surface area contributed by atoms with E-state index < -0.39 is 12.2 Å². The van der Waals surface area contributed by atoms with E-state index in [1.165, 1.54) is 0 Å². The van der Waals surface area contributed by atoms with E-state index in [9.17, 15) is 10.2 Å². The van der Waals surface area contributed by atoms with Crippen LogP contribution in [0.2, 0.25) is 0 Å². The molecular weight excluding hydrogens is 234 g/mol. The van der Waals surface area contributed by atoms with E-state index in [0.29, 0.717) is 10.9 Å². The monoisotopic (exact) mass is 245 g/mol. The molecule has 2 unspecified atom stereocenters. The normalized spacial score (nSPS) is 15.4. The summed E-state index contributed by atoms with van der Waals surface area (Å²) in [4.78, 5) is 3.90. The summed E-state index contributed by atoms with van der Waals surface area (Å²) in [5.74, 6) is 0. The summed E-state index contributed by atoms with van der Waals surface area (Å²) in [6, 6.07) is 1.81. The first-order valence-corrected chi connectivity index (χ1v) is 5.11. The van der Waals surface area contributed by atoms with Crippen molar-refractivity contribution in [2.75, 3.05) is 5.33 Å². The van der Waals surface area contributed by atoms with Crippen LogP contribution >= 0.6 is 15.9 Å². The number of alkyl halides is 1. The van der Waals surface area contributed by atoms with Crippen LogP contribution in [0, 0.1) is 6.92 Å². The first kappa shape index (κ1) is 10.6. The smallest absolute Gasteiger partial charge is 0.107 e. The van der Waals surface area contributed by atoms with Crippen LogP contribution in [0.25, 0.3) is 0 Å². The maximum atomic E-state index is 9.65. The quantitative estimate of drug-likeness (QED) is 0.787. The van der Waals surface area contributed by atoms with E-state index in [4.69, 9.17) is 0 Å². The van der Waals surface area contributed by atoms with Gasteiger partial charge >= 0.3 is 0 Å². The molecule has 0 bridgehead atoms. The Bertz CT molecular complexity index is 280. The summed E-state index contributed by atoms with van der Waals surface area (Å²) >= 11 is 3.11. The summed E-state index contributed by atoms with van der Waals surface area (Å²) in [7, 11) is 0. The van der Waals surface area contributed by atoms with Crippen LogP contribution in [0.4, 0.5) is 0 Å². The Kier molecular flexibility index (Phi) is 3.84. The highest BCUT2D eigenvalue weighted by atomic mass is 79.9. The van der Waals surface area contributed by atoms with Crippen molar-refractivity contribution in [2.45, 2.75) is 19.1 Å². The molecule has 0 aromatic carbocycles. The van der Waals surface area contributed by atoms with Gasteiger partial charge in [0.1, 0.15) is 6.10 Å². The van der Waals surface area contributed by atoms with E-state index in [2.05, 4.69) is 20.9 Å². The number of nitrogens with zero attached hydrogens (tertiary/aromatic N) is 1. The average molecular weight is 246 g/mol. The van der Waals surface area contributed by atoms with E-state index in [1.807, 2.05) is 6.92 Å². The molecule has 0 spiro atoms. The van der Waals surface area contributed by atoms with E-state index in [1.54, 1.807) is 18.5 Å². The number of rotatable bonds is 3. The van der Waals surface area contributed by atoms with Crippen LogP contribution in [0.15, 0.2) is 18.5 Å². The third-order valence-electron chi connectivity index (χ3n) is 1.92. The highest BCUT2D eigenvalue weighted by Gasteiger charge is 2.18. The van der Waals surface area contributed by atoms with E-state index >= 15 is 0 Å². The van der Waals surface area contributed by atoms with Crippen molar-refractivity contribution in [1.82, 2.24) is 4.98 Å². The molecule has 2 N–H and O–H groups in total. The molecule has 0 saturated heterocycles. The highest BCUT2D eigenvalue weighted by molar-refractivity contribution is 9.09. The van der Waals surface area contributed by atoms with Crippen LogP contribution in [-0.2, 0) is 0 Å². The Morgan fingerprint density at radius 2 is 2.23 bits per heavy atom. The molecule has 0 aliphatic rings. The fourth-order valence-corrected chi connectivity index (χ4v) is 1.43.